The summed E-state index contributed by atoms with van der Waals surface area (Å²) in [5.41, 5.74) is 0. The number of allylic oxidation sites excluding steroid dienone is 4. The molecule has 6 nitrogen and oxygen atoms in total. The minimum atomic E-state index is -1.47. The number of carboxylic acid groups (broad SMARTS) is 2. The second-order valence-electron chi connectivity index (χ2n) is 7.33. The van der Waals surface area contributed by atoms with Crippen LogP contribution < -0.4 is 118 Å². The molecule has 0 saturated heterocycles. The van der Waals surface area contributed by atoms with Crippen LogP contribution in [0, 0.1) is 0 Å². The second-order valence-corrected chi connectivity index (χ2v) is 7.33. The van der Waals surface area contributed by atoms with E-state index in [1.807, 2.05) is 0 Å². The van der Waals surface area contributed by atoms with Gasteiger partial charge in [0.25, 0.3) is 0 Å². The number of carboxylic acids is 2. The second kappa shape index (κ2) is 27.4. The maximum absolute atomic E-state index is 11.8. The molecule has 0 unspecified atom stereocenters. The molecular formula is C23H37K2NO5. The standard InChI is InChI=1S/C23H39NO5.2K/c1-2-3-4-5-6-7-8-9-10-11-12-13-14-15-16-17-21(25)24-20(23(28)29)18-19-22(26)27;;/h6-7,9-10,20H,2-5,8,11-19H2,1H3,(H,24,25)(H,26,27)(H,28,29);;/q;2*+1/p-2/b7-6-,10-9-;;/t20-;;/m0../s1. The van der Waals surface area contributed by atoms with Gasteiger partial charge in [0.2, 0.25) is 5.91 Å². The van der Waals surface area contributed by atoms with Gasteiger partial charge in [-0.3, -0.25) is 4.79 Å². The fourth-order valence-corrected chi connectivity index (χ4v) is 2.87. The van der Waals surface area contributed by atoms with Crippen LogP contribution in [-0.2, 0) is 14.4 Å². The molecule has 0 heterocycles. The summed E-state index contributed by atoms with van der Waals surface area (Å²) in [6, 6.07) is -1.28. The summed E-state index contributed by atoms with van der Waals surface area (Å²) < 4.78 is 0. The molecule has 1 amide bonds. The van der Waals surface area contributed by atoms with E-state index in [0.717, 1.165) is 38.5 Å². The Kier molecular flexibility index (Phi) is 32.5. The quantitative estimate of drug-likeness (QED) is 0.116. The first kappa shape index (κ1) is 36.7. The Balaban J connectivity index is -0.00000392. The van der Waals surface area contributed by atoms with Crippen LogP contribution in [0.3, 0.4) is 0 Å². The van der Waals surface area contributed by atoms with Crippen LogP contribution in [0.1, 0.15) is 96.8 Å². The molecule has 0 fully saturated rings. The molecule has 0 radical (unpaired) electrons. The van der Waals surface area contributed by atoms with Crippen LogP contribution in [-0.4, -0.2) is 23.9 Å². The van der Waals surface area contributed by atoms with Crippen molar-refractivity contribution in [2.45, 2.75) is 103 Å². The maximum Gasteiger partial charge on any atom is 1.00 e. The number of carbonyl (C=O) groups is 3. The summed E-state index contributed by atoms with van der Waals surface area (Å²) in [7, 11) is 0. The van der Waals surface area contributed by atoms with Crippen molar-refractivity contribution in [3.05, 3.63) is 24.3 Å². The number of hydrogen-bond donors (Lipinski definition) is 1. The van der Waals surface area contributed by atoms with E-state index >= 15 is 0 Å². The van der Waals surface area contributed by atoms with Gasteiger partial charge in [-0.15, -0.1) is 0 Å². The third-order valence-electron chi connectivity index (χ3n) is 4.61. The summed E-state index contributed by atoms with van der Waals surface area (Å²) in [5, 5.41) is 23.6. The number of nitrogens with one attached hydrogen (secondary N) is 1. The van der Waals surface area contributed by atoms with Crippen molar-refractivity contribution in [3.8, 4) is 0 Å². The van der Waals surface area contributed by atoms with Gasteiger partial charge in [-0.05, 0) is 51.4 Å². The maximum atomic E-state index is 11.8. The molecule has 0 bridgehead atoms. The molecule has 0 aliphatic carbocycles. The molecule has 0 rings (SSSR count). The molecule has 8 heteroatoms. The molecule has 1 atom stereocenters. The Bertz CT molecular complexity index is 524. The predicted octanol–water partition coefficient (Wildman–Crippen LogP) is -3.43. The first-order valence-electron chi connectivity index (χ1n) is 11.0. The number of carbonyl (C=O) groups excluding carboxylic acids is 3. The van der Waals surface area contributed by atoms with Gasteiger partial charge in [0.1, 0.15) is 0 Å². The Morgan fingerprint density at radius 1 is 0.774 bits per heavy atom. The van der Waals surface area contributed by atoms with Crippen LogP contribution in [0.2, 0.25) is 0 Å². The fraction of sp³-hybridized carbons (Fsp3) is 0.696. The molecule has 0 aliphatic rings. The number of rotatable bonds is 19. The van der Waals surface area contributed by atoms with Crippen molar-refractivity contribution in [1.82, 2.24) is 5.32 Å². The molecular weight excluding hydrogens is 448 g/mol. The molecule has 0 spiro atoms. The van der Waals surface area contributed by atoms with Crippen molar-refractivity contribution in [1.29, 1.82) is 0 Å². The monoisotopic (exact) mass is 485 g/mol. The average Bonchev–Trinajstić information content (AvgIpc) is 2.67. The van der Waals surface area contributed by atoms with E-state index in [9.17, 15) is 24.6 Å². The van der Waals surface area contributed by atoms with E-state index < -0.39 is 24.4 Å². The van der Waals surface area contributed by atoms with Gasteiger partial charge in [0.05, 0.1) is 12.0 Å². The summed E-state index contributed by atoms with van der Waals surface area (Å²) in [5.74, 6) is -3.21. The van der Waals surface area contributed by atoms with Crippen molar-refractivity contribution in [2.75, 3.05) is 0 Å². The SMILES string of the molecule is CCCCC/C=C\C/C=C\CCCCCCCC(=O)N[C@@H](CCC(=O)[O-])C(=O)[O-].[K+].[K+]. The van der Waals surface area contributed by atoms with Crippen molar-refractivity contribution >= 4 is 17.8 Å². The molecule has 0 aromatic rings. The van der Waals surface area contributed by atoms with Gasteiger partial charge >= 0.3 is 103 Å². The van der Waals surface area contributed by atoms with Crippen LogP contribution in [0.15, 0.2) is 24.3 Å². The number of hydrogen-bond acceptors (Lipinski definition) is 5. The van der Waals surface area contributed by atoms with Gasteiger partial charge in [0.15, 0.2) is 0 Å². The first-order valence-corrected chi connectivity index (χ1v) is 11.0. The zero-order valence-electron chi connectivity index (χ0n) is 19.8. The van der Waals surface area contributed by atoms with E-state index in [-0.39, 0.29) is 122 Å². The Morgan fingerprint density at radius 3 is 1.87 bits per heavy atom. The van der Waals surface area contributed by atoms with Gasteiger partial charge in [-0.2, -0.15) is 0 Å². The van der Waals surface area contributed by atoms with Crippen LogP contribution >= 0.6 is 0 Å². The predicted molar refractivity (Wildman–Crippen MR) is 111 cm³/mol. The van der Waals surface area contributed by atoms with Crippen molar-refractivity contribution in [2.24, 2.45) is 0 Å². The van der Waals surface area contributed by atoms with Gasteiger partial charge < -0.3 is 25.1 Å². The number of amides is 1. The van der Waals surface area contributed by atoms with Gasteiger partial charge in [-0.1, -0.05) is 63.3 Å². The minimum absolute atomic E-state index is 0. The van der Waals surface area contributed by atoms with Crippen molar-refractivity contribution in [3.63, 3.8) is 0 Å². The summed E-state index contributed by atoms with van der Waals surface area (Å²) in [6.45, 7) is 2.21. The zero-order chi connectivity index (χ0) is 21.7. The van der Waals surface area contributed by atoms with Gasteiger partial charge in [-0.25, -0.2) is 0 Å². The minimum Gasteiger partial charge on any atom is -0.550 e. The Hall–Kier alpha value is 1.16. The molecule has 0 aromatic heterocycles. The van der Waals surface area contributed by atoms with Crippen LogP contribution in [0.5, 0.6) is 0 Å². The smallest absolute Gasteiger partial charge is 0.550 e. The first-order chi connectivity index (χ1) is 14.0. The van der Waals surface area contributed by atoms with Gasteiger partial charge in [0, 0.05) is 12.4 Å². The number of unbranched alkanes of at least 4 members (excludes halogenated alkanes) is 8. The fourth-order valence-electron chi connectivity index (χ4n) is 2.87. The summed E-state index contributed by atoms with van der Waals surface area (Å²) >= 11 is 0. The third-order valence-corrected chi connectivity index (χ3v) is 4.61. The molecule has 0 aliphatic heterocycles. The normalized spacial score (nSPS) is 11.6. The van der Waals surface area contributed by atoms with E-state index in [1.165, 1.54) is 25.7 Å². The van der Waals surface area contributed by atoms with Crippen LogP contribution in [0.25, 0.3) is 0 Å². The molecule has 1 N–H and O–H groups in total. The summed E-state index contributed by atoms with van der Waals surface area (Å²) in [6.07, 6.45) is 20.4. The molecule has 31 heavy (non-hydrogen) atoms. The number of aliphatic carboxylic acids is 2. The van der Waals surface area contributed by atoms with E-state index in [4.69, 9.17) is 0 Å². The zero-order valence-corrected chi connectivity index (χ0v) is 26.1. The largest absolute Gasteiger partial charge is 1.00 e. The average molecular weight is 486 g/mol. The third kappa shape index (κ3) is 27.3. The van der Waals surface area contributed by atoms with E-state index in [2.05, 4.69) is 36.5 Å². The van der Waals surface area contributed by atoms with E-state index in [0.29, 0.717) is 6.42 Å². The van der Waals surface area contributed by atoms with Crippen LogP contribution in [0.4, 0.5) is 0 Å². The molecule has 166 valence electrons. The van der Waals surface area contributed by atoms with Crippen molar-refractivity contribution < 1.29 is 127 Å². The van der Waals surface area contributed by atoms with E-state index in [1.54, 1.807) is 0 Å². The summed E-state index contributed by atoms with van der Waals surface area (Å²) in [4.78, 5) is 33.1. The Labute approximate surface area is 273 Å². The topological polar surface area (TPSA) is 109 Å². The molecule has 0 aromatic carbocycles. The molecule has 0 saturated carbocycles. The Morgan fingerprint density at radius 2 is 1.32 bits per heavy atom.